The van der Waals surface area contributed by atoms with Crippen LogP contribution in [0.3, 0.4) is 0 Å². The third-order valence-electron chi connectivity index (χ3n) is 31.8. The number of likely N-dealkylation sites (tertiary alicyclic amines) is 5. The van der Waals surface area contributed by atoms with E-state index in [9.17, 15) is 28.8 Å². The minimum Gasteiger partial charge on any atom is -0.383 e. The van der Waals surface area contributed by atoms with Crippen molar-refractivity contribution in [2.75, 3.05) is 79.2 Å². The molecule has 17 heteroatoms. The molecule has 0 aromatic heterocycles. The summed E-state index contributed by atoms with van der Waals surface area (Å²) in [6.07, 6.45) is 19.2. The summed E-state index contributed by atoms with van der Waals surface area (Å²) >= 11 is 0. The highest BCUT2D eigenvalue weighted by Crippen LogP contribution is 2.55. The number of hydrogen-bond donors (Lipinski definition) is 5. The Morgan fingerprint density at radius 1 is 0.439 bits per heavy atom. The predicted molar refractivity (Wildman–Crippen MR) is 457 cm³/mol. The lowest BCUT2D eigenvalue weighted by atomic mass is 9.58. The summed E-state index contributed by atoms with van der Waals surface area (Å²) in [6.45, 7) is 46.6. The van der Waals surface area contributed by atoms with Gasteiger partial charge in [-0.1, -0.05) is 138 Å². The lowest BCUT2D eigenvalue weighted by molar-refractivity contribution is 0.0114. The van der Waals surface area contributed by atoms with E-state index in [1.807, 2.05) is 42.5 Å². The van der Waals surface area contributed by atoms with Crippen molar-refractivity contribution in [2.45, 2.75) is 251 Å². The smallest absolute Gasteiger partial charge is 0.248 e. The fourth-order valence-electron chi connectivity index (χ4n) is 23.1. The number of benzene rings is 5. The molecule has 5 aliphatic heterocycles. The quantitative estimate of drug-likeness (QED) is 0.0613. The van der Waals surface area contributed by atoms with Crippen LogP contribution in [0.1, 0.15) is 280 Å². The van der Waals surface area contributed by atoms with Crippen molar-refractivity contribution < 1.29 is 33.5 Å². The lowest BCUT2D eigenvalue weighted by Gasteiger charge is -2.55. The van der Waals surface area contributed by atoms with E-state index in [0.29, 0.717) is 81.1 Å². The SMILES string of the molecule is CC(C)=CCN1CC[C@@]2(C)c3cc(C(N)=O)ccc3CC1[C@@H]2C.COCCN1CC[C@@]2(C)c3cc(C(N)=O)ccc3C[C@@H]1[C@@H]2C.C[C@H]1C2C(=O)c3ccc(C(N)=O)cc3[C@]1(C)CCN2CC1CC1.C[C@H]1[C@H]2Cc3ccc(C(N)=O)cc3[C@]1(C)CCN2CC(C)(C)C.C[C@H]1[C@H]2Cc3ccc(C(N)=O)cc3[C@]1(C)CCN2CC1CCC1. The second kappa shape index (κ2) is 32.8. The molecule has 5 amide bonds. The van der Waals surface area contributed by atoms with Crippen molar-refractivity contribution in [1.29, 1.82) is 0 Å². The highest BCUT2D eigenvalue weighted by Gasteiger charge is 2.56. The second-order valence-corrected chi connectivity index (χ2v) is 39.8. The van der Waals surface area contributed by atoms with Crippen molar-refractivity contribution in [3.05, 3.63) is 186 Å². The van der Waals surface area contributed by atoms with Crippen LogP contribution in [0.15, 0.2) is 103 Å². The summed E-state index contributed by atoms with van der Waals surface area (Å²) < 4.78 is 5.26. The average Bonchev–Trinajstić information content (AvgIpc) is 0.882. The largest absolute Gasteiger partial charge is 0.383 e. The molecule has 5 heterocycles. The molecule has 114 heavy (non-hydrogen) atoms. The van der Waals surface area contributed by atoms with E-state index in [1.165, 1.54) is 102 Å². The number of piperidine rings is 5. The van der Waals surface area contributed by atoms with Crippen LogP contribution in [0.25, 0.3) is 0 Å². The first-order valence-electron chi connectivity index (χ1n) is 43.4. The minimum absolute atomic E-state index is 0.0127. The fourth-order valence-corrected chi connectivity index (χ4v) is 23.1. The van der Waals surface area contributed by atoms with Gasteiger partial charge in [0, 0.05) is 97.4 Å². The Hall–Kier alpha value is -7.38. The third kappa shape index (κ3) is 16.3. The highest BCUT2D eigenvalue weighted by molar-refractivity contribution is 6.05. The van der Waals surface area contributed by atoms with Crippen LogP contribution in [-0.2, 0) is 57.5 Å². The number of carbonyl (C=O) groups excluding carboxylic acids is 6. The Kier molecular flexibility index (Phi) is 24.4. The number of ketones is 1. The number of nitrogens with zero attached hydrogens (tertiary/aromatic N) is 5. The fraction of sp³-hybridized carbons (Fsp3) is 0.608. The maximum Gasteiger partial charge on any atom is 0.248 e. The van der Waals surface area contributed by atoms with Gasteiger partial charge in [-0.05, 0) is 315 Å². The molecule has 17 rings (SSSR count). The van der Waals surface area contributed by atoms with Gasteiger partial charge in [0.1, 0.15) is 0 Å². The molecule has 0 radical (unpaired) electrons. The molecule has 2 saturated carbocycles. The molecule has 616 valence electrons. The zero-order valence-corrected chi connectivity index (χ0v) is 71.8. The first-order valence-corrected chi connectivity index (χ1v) is 43.4. The molecular weight excluding hydrogens is 1420 g/mol. The highest BCUT2D eigenvalue weighted by atomic mass is 16.5. The van der Waals surface area contributed by atoms with Gasteiger partial charge in [0.15, 0.2) is 5.78 Å². The van der Waals surface area contributed by atoms with Crippen molar-refractivity contribution in [3.63, 3.8) is 0 Å². The van der Waals surface area contributed by atoms with E-state index in [0.717, 1.165) is 133 Å². The zero-order chi connectivity index (χ0) is 82.2. The predicted octanol–water partition coefficient (Wildman–Crippen LogP) is 14.1. The van der Waals surface area contributed by atoms with Gasteiger partial charge in [-0.25, -0.2) is 0 Å². The van der Waals surface area contributed by atoms with Crippen LogP contribution < -0.4 is 28.7 Å². The van der Waals surface area contributed by atoms with Crippen LogP contribution in [0.4, 0.5) is 0 Å². The molecule has 15 atom stereocenters. The molecule has 2 unspecified atom stereocenters. The number of fused-ring (bicyclic) bond motifs is 20. The molecule has 17 nitrogen and oxygen atoms in total. The van der Waals surface area contributed by atoms with Gasteiger partial charge in [-0.15, -0.1) is 0 Å². The number of allylic oxidation sites excluding steroid dienone is 1. The van der Waals surface area contributed by atoms with E-state index in [-0.39, 0.29) is 68.4 Å². The summed E-state index contributed by atoms with van der Waals surface area (Å²) in [6, 6.07) is 32.0. The van der Waals surface area contributed by atoms with Gasteiger partial charge >= 0.3 is 0 Å². The molecule has 10 bridgehead atoms. The van der Waals surface area contributed by atoms with Crippen LogP contribution in [-0.4, -0.2) is 169 Å². The van der Waals surface area contributed by atoms with Crippen molar-refractivity contribution in [3.8, 4) is 0 Å². The molecular formula is C97H136N10O7. The van der Waals surface area contributed by atoms with Crippen LogP contribution in [0.5, 0.6) is 0 Å². The van der Waals surface area contributed by atoms with Crippen LogP contribution in [0, 0.1) is 46.8 Å². The minimum atomic E-state index is -0.426. The Morgan fingerprint density at radius 2 is 0.763 bits per heavy atom. The molecule has 12 aliphatic rings. The molecule has 5 saturated heterocycles. The van der Waals surface area contributed by atoms with E-state index < -0.39 is 5.91 Å². The molecule has 5 aromatic rings. The van der Waals surface area contributed by atoms with Crippen molar-refractivity contribution in [1.82, 2.24) is 24.5 Å². The van der Waals surface area contributed by atoms with Gasteiger partial charge in [0.2, 0.25) is 29.5 Å². The van der Waals surface area contributed by atoms with E-state index in [4.69, 9.17) is 33.4 Å². The summed E-state index contributed by atoms with van der Waals surface area (Å²) in [5, 5.41) is 0. The monoisotopic (exact) mass is 1550 g/mol. The number of methoxy groups -OCH3 is 1. The number of amides is 5. The molecule has 10 N–H and O–H groups in total. The number of ether oxygens (including phenoxy) is 1. The van der Waals surface area contributed by atoms with Gasteiger partial charge in [-0.3, -0.25) is 53.3 Å². The van der Waals surface area contributed by atoms with Gasteiger partial charge in [0.05, 0.1) is 12.6 Å². The first-order chi connectivity index (χ1) is 53.8. The molecule has 7 aliphatic carbocycles. The maximum absolute atomic E-state index is 13.1. The number of Topliss-reactive ketones (excluding diaryl/α,β-unsaturated/α-hetero) is 1. The van der Waals surface area contributed by atoms with Gasteiger partial charge < -0.3 is 33.4 Å². The Labute approximate surface area is 681 Å². The number of rotatable bonds is 15. The van der Waals surface area contributed by atoms with Crippen LogP contribution >= 0.6 is 0 Å². The maximum atomic E-state index is 13.1. The zero-order valence-electron chi connectivity index (χ0n) is 71.8. The number of primary amides is 5. The van der Waals surface area contributed by atoms with Crippen molar-refractivity contribution in [2.24, 2.45) is 75.5 Å². The number of nitrogens with two attached hydrogens (primary N) is 5. The summed E-state index contributed by atoms with van der Waals surface area (Å²) in [4.78, 5) is 83.9. The van der Waals surface area contributed by atoms with E-state index >= 15 is 0 Å². The van der Waals surface area contributed by atoms with E-state index in [1.54, 1.807) is 13.2 Å². The Balaban J connectivity index is 0.000000124. The standard InChI is InChI=1S/C20H28N2O.C20H30N2O.C20H28N2O.C19H24N2O2.C18H26N2O2/c1-13-18-11-15-6-7-16(19(21)23)10-17(15)20(13,2)8-9-22(18)12-14-4-3-5-14;1-13-17-11-14-6-7-15(18(21)23)10-16(14)20(13,5)8-9-22(17)12-19(2,3)4;1-13(2)7-9-22-10-8-20(4)14(3)18(22)12-15-5-6-16(19(21)23)11-17(15)20;1-11-16-17(22)14-6-5-13(18(20)23)9-15(14)19(11,2)7-8-21(16)10-12-3-4-12;1-12-16-11-13-4-5-14(17(19)21)10-15(13)18(12,2)6-7-20(16)8-9-22-3/h6-7,10,13-14,18H,3-5,8-9,11-12H2,1-2H3,(H2,21,23);6-7,10,13,17H,8-9,11-12H2,1-5H3,(H2,21,23);5-7,11,14,18H,8-10,12H2,1-4H3,(H2,21,23);5-6,9,11-12,16H,3-4,7-8,10H2,1-2H3,(H2,20,23);4-5,10,12,16H,6-9,11H2,1-3H3,(H2,19,21)/t13-,18+,20+;13-,17+,20+;14-,18?,20+;11-,16?,19+;12-,16+,18+/m00000/s1. The molecule has 7 fully saturated rings. The van der Waals surface area contributed by atoms with Gasteiger partial charge in [-0.2, -0.15) is 0 Å². The summed E-state index contributed by atoms with van der Waals surface area (Å²) in [5.41, 5.74) is 45.6. The third-order valence-corrected chi connectivity index (χ3v) is 31.8. The molecule has 5 aromatic carbocycles. The normalized spacial score (nSPS) is 31.7. The van der Waals surface area contributed by atoms with Crippen molar-refractivity contribution >= 4 is 35.3 Å². The Bertz CT molecular complexity index is 4510. The second-order valence-electron chi connectivity index (χ2n) is 39.8. The van der Waals surface area contributed by atoms with Gasteiger partial charge in [0.25, 0.3) is 0 Å². The van der Waals surface area contributed by atoms with E-state index in [2.05, 4.69) is 177 Å². The summed E-state index contributed by atoms with van der Waals surface area (Å²) in [5.74, 6) is 2.86. The number of hydrogen-bond acceptors (Lipinski definition) is 12. The Morgan fingerprint density at radius 3 is 1.13 bits per heavy atom. The average molecular weight is 1550 g/mol. The molecule has 0 spiro atoms. The first kappa shape index (κ1) is 84.5. The topological polar surface area (TPSA) is 258 Å². The summed E-state index contributed by atoms with van der Waals surface area (Å²) in [7, 11) is 1.76. The lowest BCUT2D eigenvalue weighted by Crippen LogP contribution is -2.61. The van der Waals surface area contributed by atoms with Crippen LogP contribution in [0.2, 0.25) is 0 Å². The number of carbonyl (C=O) groups is 6.